The van der Waals surface area contributed by atoms with E-state index in [0.29, 0.717) is 5.92 Å². The number of piperidine rings is 1. The summed E-state index contributed by atoms with van der Waals surface area (Å²) in [5.74, 6) is 1.55. The molecule has 0 saturated carbocycles. The fourth-order valence-corrected chi connectivity index (χ4v) is 2.51. The molecular weight excluding hydrogens is 228 g/mol. The molecule has 1 aliphatic rings. The van der Waals surface area contributed by atoms with E-state index < -0.39 is 6.10 Å². The Morgan fingerprint density at radius 3 is 3.17 bits per heavy atom. The summed E-state index contributed by atoms with van der Waals surface area (Å²) in [6, 6.07) is 3.85. The largest absolute Gasteiger partial charge is 0.389 e. The Balaban J connectivity index is 2.08. The summed E-state index contributed by atoms with van der Waals surface area (Å²) >= 11 is 0. The number of hydrogen-bond donors (Lipinski definition) is 1. The average Bonchev–Trinajstić information content (AvgIpc) is 2.39. The summed E-state index contributed by atoms with van der Waals surface area (Å²) in [6.45, 7) is 4.62. The van der Waals surface area contributed by atoms with Crippen LogP contribution in [0.15, 0.2) is 18.3 Å². The Morgan fingerprint density at radius 2 is 2.44 bits per heavy atom. The Kier molecular flexibility index (Phi) is 4.55. The lowest BCUT2D eigenvalue weighted by Crippen LogP contribution is -2.37. The zero-order valence-corrected chi connectivity index (χ0v) is 11.2. The van der Waals surface area contributed by atoms with Crippen LogP contribution in [0.1, 0.15) is 31.4 Å². The van der Waals surface area contributed by atoms with Crippen molar-refractivity contribution < 1.29 is 9.84 Å². The Morgan fingerprint density at radius 1 is 1.61 bits per heavy atom. The van der Waals surface area contributed by atoms with Crippen molar-refractivity contribution in [2.75, 3.05) is 31.7 Å². The molecule has 0 amide bonds. The van der Waals surface area contributed by atoms with Gasteiger partial charge in [0, 0.05) is 26.4 Å². The SMILES string of the molecule is COCC1CCCN(c2cc(C(C)O)ccn2)C1. The van der Waals surface area contributed by atoms with Crippen LogP contribution in [-0.4, -0.2) is 36.9 Å². The minimum atomic E-state index is -0.439. The first-order valence-corrected chi connectivity index (χ1v) is 6.58. The molecule has 0 aliphatic carbocycles. The number of anilines is 1. The summed E-state index contributed by atoms with van der Waals surface area (Å²) in [4.78, 5) is 6.70. The van der Waals surface area contributed by atoms with E-state index >= 15 is 0 Å². The predicted molar refractivity (Wildman–Crippen MR) is 71.7 cm³/mol. The molecule has 1 aromatic heterocycles. The predicted octanol–water partition coefficient (Wildman–Crippen LogP) is 2.00. The highest BCUT2D eigenvalue weighted by Gasteiger charge is 2.21. The van der Waals surface area contributed by atoms with E-state index in [0.717, 1.165) is 31.1 Å². The van der Waals surface area contributed by atoms with Gasteiger partial charge in [-0.05, 0) is 43.4 Å². The van der Waals surface area contributed by atoms with Gasteiger partial charge in [0.2, 0.25) is 0 Å². The maximum Gasteiger partial charge on any atom is 0.128 e. The van der Waals surface area contributed by atoms with Gasteiger partial charge in [-0.1, -0.05) is 0 Å². The van der Waals surface area contributed by atoms with Gasteiger partial charge < -0.3 is 14.7 Å². The molecule has 0 aromatic carbocycles. The minimum Gasteiger partial charge on any atom is -0.389 e. The van der Waals surface area contributed by atoms with Crippen LogP contribution in [0.2, 0.25) is 0 Å². The highest BCUT2D eigenvalue weighted by molar-refractivity contribution is 5.42. The first-order chi connectivity index (χ1) is 8.70. The molecule has 4 heteroatoms. The van der Waals surface area contributed by atoms with Gasteiger partial charge in [-0.3, -0.25) is 0 Å². The first-order valence-electron chi connectivity index (χ1n) is 6.58. The molecule has 1 aliphatic heterocycles. The number of ether oxygens (including phenoxy) is 1. The topological polar surface area (TPSA) is 45.6 Å². The van der Waals surface area contributed by atoms with Crippen LogP contribution in [0, 0.1) is 5.92 Å². The van der Waals surface area contributed by atoms with Crippen LogP contribution in [0.4, 0.5) is 5.82 Å². The van der Waals surface area contributed by atoms with Gasteiger partial charge in [0.25, 0.3) is 0 Å². The molecule has 2 heterocycles. The number of pyridine rings is 1. The fraction of sp³-hybridized carbons (Fsp3) is 0.643. The van der Waals surface area contributed by atoms with Crippen LogP contribution in [0.3, 0.4) is 0 Å². The summed E-state index contributed by atoms with van der Waals surface area (Å²) in [7, 11) is 1.76. The van der Waals surface area contributed by atoms with Gasteiger partial charge in [0.05, 0.1) is 12.7 Å². The van der Waals surface area contributed by atoms with E-state index in [9.17, 15) is 5.11 Å². The standard InChI is InChI=1S/C14H22N2O2/c1-11(17)13-5-6-15-14(8-13)16-7-3-4-12(9-16)10-18-2/h5-6,8,11-12,17H,3-4,7,9-10H2,1-2H3. The molecule has 2 atom stereocenters. The summed E-state index contributed by atoms with van der Waals surface area (Å²) in [5.41, 5.74) is 0.925. The Labute approximate surface area is 109 Å². The van der Waals surface area contributed by atoms with Gasteiger partial charge in [0.15, 0.2) is 0 Å². The monoisotopic (exact) mass is 250 g/mol. The van der Waals surface area contributed by atoms with Crippen LogP contribution in [0.25, 0.3) is 0 Å². The van der Waals surface area contributed by atoms with Gasteiger partial charge in [-0.25, -0.2) is 4.98 Å². The molecular formula is C14H22N2O2. The van der Waals surface area contributed by atoms with Gasteiger partial charge in [-0.15, -0.1) is 0 Å². The van der Waals surface area contributed by atoms with Crippen molar-refractivity contribution in [2.45, 2.75) is 25.9 Å². The van der Waals surface area contributed by atoms with Crippen molar-refractivity contribution in [3.8, 4) is 0 Å². The molecule has 100 valence electrons. The van der Waals surface area contributed by atoms with Gasteiger partial charge in [-0.2, -0.15) is 0 Å². The molecule has 1 saturated heterocycles. The van der Waals surface area contributed by atoms with Gasteiger partial charge >= 0.3 is 0 Å². The van der Waals surface area contributed by atoms with Crippen LogP contribution < -0.4 is 4.90 Å². The van der Waals surface area contributed by atoms with Crippen molar-refractivity contribution in [2.24, 2.45) is 5.92 Å². The minimum absolute atomic E-state index is 0.439. The number of rotatable bonds is 4. The number of methoxy groups -OCH3 is 1. The molecule has 0 bridgehead atoms. The number of hydrogen-bond acceptors (Lipinski definition) is 4. The Hall–Kier alpha value is -1.13. The second kappa shape index (κ2) is 6.16. The second-order valence-corrected chi connectivity index (χ2v) is 5.03. The molecule has 4 nitrogen and oxygen atoms in total. The van der Waals surface area contributed by atoms with Crippen LogP contribution >= 0.6 is 0 Å². The highest BCUT2D eigenvalue weighted by Crippen LogP contribution is 2.23. The quantitative estimate of drug-likeness (QED) is 0.887. The number of aromatic nitrogens is 1. The van der Waals surface area contributed by atoms with Crippen molar-refractivity contribution in [3.63, 3.8) is 0 Å². The lowest BCUT2D eigenvalue weighted by Gasteiger charge is -2.33. The number of nitrogens with zero attached hydrogens (tertiary/aromatic N) is 2. The Bertz CT molecular complexity index is 380. The summed E-state index contributed by atoms with van der Waals surface area (Å²) < 4.78 is 5.24. The third-order valence-corrected chi connectivity index (χ3v) is 3.50. The summed E-state index contributed by atoms with van der Waals surface area (Å²) in [6.07, 6.45) is 3.73. The molecule has 2 unspecified atom stereocenters. The van der Waals surface area contributed by atoms with E-state index in [-0.39, 0.29) is 0 Å². The van der Waals surface area contributed by atoms with Crippen molar-refractivity contribution >= 4 is 5.82 Å². The normalized spacial score (nSPS) is 21.9. The molecule has 0 spiro atoms. The zero-order valence-electron chi connectivity index (χ0n) is 11.2. The lowest BCUT2D eigenvalue weighted by atomic mass is 9.99. The third kappa shape index (κ3) is 3.21. The lowest BCUT2D eigenvalue weighted by molar-refractivity contribution is 0.143. The number of aliphatic hydroxyl groups excluding tert-OH is 1. The van der Waals surface area contributed by atoms with E-state index in [1.807, 2.05) is 12.1 Å². The smallest absolute Gasteiger partial charge is 0.128 e. The van der Waals surface area contributed by atoms with Crippen molar-refractivity contribution in [3.05, 3.63) is 23.9 Å². The van der Waals surface area contributed by atoms with Crippen LogP contribution in [-0.2, 0) is 4.74 Å². The summed E-state index contributed by atoms with van der Waals surface area (Å²) in [5, 5.41) is 9.62. The van der Waals surface area contributed by atoms with Gasteiger partial charge in [0.1, 0.15) is 5.82 Å². The van der Waals surface area contributed by atoms with E-state index in [1.165, 1.54) is 12.8 Å². The van der Waals surface area contributed by atoms with Crippen LogP contribution in [0.5, 0.6) is 0 Å². The van der Waals surface area contributed by atoms with Crippen molar-refractivity contribution in [1.82, 2.24) is 4.98 Å². The van der Waals surface area contributed by atoms with E-state index in [1.54, 1.807) is 20.2 Å². The fourth-order valence-electron chi connectivity index (χ4n) is 2.51. The molecule has 2 rings (SSSR count). The van der Waals surface area contributed by atoms with E-state index in [4.69, 9.17) is 4.74 Å². The average molecular weight is 250 g/mol. The third-order valence-electron chi connectivity index (χ3n) is 3.50. The molecule has 1 N–H and O–H groups in total. The molecule has 18 heavy (non-hydrogen) atoms. The first kappa shape index (κ1) is 13.3. The maximum absolute atomic E-state index is 9.62. The molecule has 1 aromatic rings. The highest BCUT2D eigenvalue weighted by atomic mass is 16.5. The molecule has 1 fully saturated rings. The number of aliphatic hydroxyl groups is 1. The molecule has 0 radical (unpaired) electrons. The second-order valence-electron chi connectivity index (χ2n) is 5.03. The van der Waals surface area contributed by atoms with Crippen molar-refractivity contribution in [1.29, 1.82) is 0 Å². The van der Waals surface area contributed by atoms with E-state index in [2.05, 4.69) is 9.88 Å². The maximum atomic E-state index is 9.62. The zero-order chi connectivity index (χ0) is 13.0.